The molecule has 0 radical (unpaired) electrons. The summed E-state index contributed by atoms with van der Waals surface area (Å²) < 4.78 is 4.96. The summed E-state index contributed by atoms with van der Waals surface area (Å²) in [4.78, 5) is 44.1. The van der Waals surface area contributed by atoms with Crippen LogP contribution in [-0.2, 0) is 11.2 Å². The van der Waals surface area contributed by atoms with Crippen LogP contribution in [0.4, 0.5) is 0 Å². The maximum Gasteiger partial charge on any atom is 0.270 e. The molecule has 1 unspecified atom stereocenters. The van der Waals surface area contributed by atoms with Gasteiger partial charge < -0.3 is 19.6 Å². The van der Waals surface area contributed by atoms with E-state index in [0.717, 1.165) is 5.56 Å². The Hall–Kier alpha value is -2.90. The van der Waals surface area contributed by atoms with E-state index in [9.17, 15) is 14.4 Å². The van der Waals surface area contributed by atoms with E-state index in [2.05, 4.69) is 15.3 Å². The zero-order valence-corrected chi connectivity index (χ0v) is 13.2. The van der Waals surface area contributed by atoms with Crippen molar-refractivity contribution in [1.29, 1.82) is 0 Å². The van der Waals surface area contributed by atoms with Crippen LogP contribution >= 0.6 is 0 Å². The molecular weight excluding hydrogens is 312 g/mol. The van der Waals surface area contributed by atoms with Crippen molar-refractivity contribution in [2.24, 2.45) is 0 Å². The van der Waals surface area contributed by atoms with Gasteiger partial charge in [-0.2, -0.15) is 0 Å². The molecule has 0 bridgehead atoms. The van der Waals surface area contributed by atoms with Gasteiger partial charge in [0.05, 0.1) is 18.9 Å². The van der Waals surface area contributed by atoms with E-state index in [4.69, 9.17) is 4.42 Å². The van der Waals surface area contributed by atoms with Crippen molar-refractivity contribution in [1.82, 2.24) is 20.2 Å². The molecule has 24 heavy (non-hydrogen) atoms. The van der Waals surface area contributed by atoms with Crippen molar-refractivity contribution in [3.8, 4) is 0 Å². The quantitative estimate of drug-likeness (QED) is 0.835. The molecule has 8 heteroatoms. The lowest BCUT2D eigenvalue weighted by atomic mass is 10.2. The number of rotatable bonds is 4. The molecule has 2 amide bonds. The van der Waals surface area contributed by atoms with Crippen LogP contribution in [0.1, 0.15) is 28.3 Å². The van der Waals surface area contributed by atoms with E-state index in [1.807, 2.05) is 0 Å². The molecule has 1 fully saturated rings. The van der Waals surface area contributed by atoms with Crippen LogP contribution in [0, 0.1) is 6.92 Å². The Balaban J connectivity index is 1.56. The average Bonchev–Trinajstić information content (AvgIpc) is 3.18. The van der Waals surface area contributed by atoms with Gasteiger partial charge in [-0.25, -0.2) is 4.98 Å². The number of furan rings is 1. The van der Waals surface area contributed by atoms with Crippen molar-refractivity contribution < 1.29 is 14.0 Å². The SMILES string of the molecule is Cc1nc(C(=O)NC2CCN(C(=O)Cc3ccoc3)C2)cc(=O)[nH]1. The Kier molecular flexibility index (Phi) is 4.45. The minimum absolute atomic E-state index is 0.00160. The molecule has 1 aliphatic heterocycles. The molecule has 3 heterocycles. The standard InChI is InChI=1S/C16H18N4O4/c1-10-17-13(7-14(21)18-10)16(23)19-12-2-4-20(8-12)15(22)6-11-3-5-24-9-11/h3,5,7,9,12H,2,4,6,8H2,1H3,(H,19,23)(H,17,18,21). The lowest BCUT2D eigenvalue weighted by Gasteiger charge is -2.16. The number of amides is 2. The summed E-state index contributed by atoms with van der Waals surface area (Å²) in [5.74, 6) is -0.0207. The fourth-order valence-electron chi connectivity index (χ4n) is 2.74. The van der Waals surface area contributed by atoms with Crippen LogP contribution in [0.25, 0.3) is 0 Å². The summed E-state index contributed by atoms with van der Waals surface area (Å²) in [6, 6.07) is 2.78. The lowest BCUT2D eigenvalue weighted by molar-refractivity contribution is -0.129. The number of carbonyl (C=O) groups is 2. The Morgan fingerprint density at radius 2 is 2.33 bits per heavy atom. The number of hydrogen-bond donors (Lipinski definition) is 2. The van der Waals surface area contributed by atoms with Gasteiger partial charge in [-0.15, -0.1) is 0 Å². The normalized spacial score (nSPS) is 17.0. The van der Waals surface area contributed by atoms with Crippen molar-refractivity contribution in [2.75, 3.05) is 13.1 Å². The second kappa shape index (κ2) is 6.69. The fourth-order valence-corrected chi connectivity index (χ4v) is 2.74. The maximum atomic E-state index is 12.2. The van der Waals surface area contributed by atoms with Gasteiger partial charge in [-0.3, -0.25) is 14.4 Å². The van der Waals surface area contributed by atoms with E-state index in [1.54, 1.807) is 24.2 Å². The number of nitrogens with one attached hydrogen (secondary N) is 2. The minimum Gasteiger partial charge on any atom is -0.472 e. The lowest BCUT2D eigenvalue weighted by Crippen LogP contribution is -2.39. The Morgan fingerprint density at radius 3 is 3.04 bits per heavy atom. The van der Waals surface area contributed by atoms with Gasteiger partial charge in [-0.05, 0) is 25.0 Å². The number of aromatic nitrogens is 2. The molecule has 2 aromatic rings. The number of nitrogens with zero attached hydrogens (tertiary/aromatic N) is 2. The molecule has 126 valence electrons. The number of aryl methyl sites for hydroxylation is 1. The van der Waals surface area contributed by atoms with E-state index >= 15 is 0 Å². The first-order chi connectivity index (χ1) is 11.5. The summed E-state index contributed by atoms with van der Waals surface area (Å²) in [6.45, 7) is 2.65. The smallest absolute Gasteiger partial charge is 0.270 e. The van der Waals surface area contributed by atoms with E-state index < -0.39 is 5.91 Å². The number of H-pyrrole nitrogens is 1. The molecule has 0 aliphatic carbocycles. The van der Waals surface area contributed by atoms with E-state index in [0.29, 0.717) is 25.3 Å². The molecule has 8 nitrogen and oxygen atoms in total. The van der Waals surface area contributed by atoms with Gasteiger partial charge in [0.1, 0.15) is 11.5 Å². The summed E-state index contributed by atoms with van der Waals surface area (Å²) in [5, 5.41) is 2.83. The van der Waals surface area contributed by atoms with Crippen LogP contribution < -0.4 is 10.9 Å². The zero-order valence-electron chi connectivity index (χ0n) is 13.2. The van der Waals surface area contributed by atoms with Gasteiger partial charge in [-0.1, -0.05) is 0 Å². The highest BCUT2D eigenvalue weighted by Crippen LogP contribution is 2.12. The van der Waals surface area contributed by atoms with Gasteiger partial charge in [0.15, 0.2) is 0 Å². The van der Waals surface area contributed by atoms with E-state index in [1.165, 1.54) is 12.3 Å². The topological polar surface area (TPSA) is 108 Å². The average molecular weight is 330 g/mol. The first kappa shape index (κ1) is 16.0. The first-order valence-corrected chi connectivity index (χ1v) is 7.69. The van der Waals surface area contributed by atoms with Gasteiger partial charge in [0, 0.05) is 25.2 Å². The Labute approximate surface area is 137 Å². The van der Waals surface area contributed by atoms with Crippen LogP contribution in [-0.4, -0.2) is 45.8 Å². The molecular formula is C16H18N4O4. The number of hydrogen-bond acceptors (Lipinski definition) is 5. The van der Waals surface area contributed by atoms with Crippen molar-refractivity contribution in [3.63, 3.8) is 0 Å². The van der Waals surface area contributed by atoms with Crippen molar-refractivity contribution in [3.05, 3.63) is 52.1 Å². The summed E-state index contributed by atoms with van der Waals surface area (Å²) in [5.41, 5.74) is 0.547. The molecule has 2 aromatic heterocycles. The fraction of sp³-hybridized carbons (Fsp3) is 0.375. The molecule has 1 atom stereocenters. The largest absolute Gasteiger partial charge is 0.472 e. The second-order valence-electron chi connectivity index (χ2n) is 5.82. The summed E-state index contributed by atoms with van der Waals surface area (Å²) >= 11 is 0. The minimum atomic E-state index is -0.404. The third-order valence-corrected chi connectivity index (χ3v) is 3.90. The summed E-state index contributed by atoms with van der Waals surface area (Å²) in [7, 11) is 0. The Morgan fingerprint density at radius 1 is 1.50 bits per heavy atom. The monoisotopic (exact) mass is 330 g/mol. The van der Waals surface area contributed by atoms with Crippen LogP contribution in [0.2, 0.25) is 0 Å². The third-order valence-electron chi connectivity index (χ3n) is 3.90. The number of likely N-dealkylation sites (tertiary alicyclic amines) is 1. The second-order valence-corrected chi connectivity index (χ2v) is 5.82. The van der Waals surface area contributed by atoms with Gasteiger partial charge in [0.25, 0.3) is 11.5 Å². The number of aromatic amines is 1. The molecule has 0 aromatic carbocycles. The molecule has 1 saturated heterocycles. The van der Waals surface area contributed by atoms with E-state index in [-0.39, 0.29) is 29.6 Å². The van der Waals surface area contributed by atoms with Crippen LogP contribution in [0.3, 0.4) is 0 Å². The zero-order chi connectivity index (χ0) is 17.1. The van der Waals surface area contributed by atoms with Crippen molar-refractivity contribution >= 4 is 11.8 Å². The molecule has 3 rings (SSSR count). The number of carbonyl (C=O) groups excluding carboxylic acids is 2. The van der Waals surface area contributed by atoms with Crippen LogP contribution in [0.5, 0.6) is 0 Å². The molecule has 0 saturated carbocycles. The predicted molar refractivity (Wildman–Crippen MR) is 84.5 cm³/mol. The van der Waals surface area contributed by atoms with Crippen molar-refractivity contribution in [2.45, 2.75) is 25.8 Å². The van der Waals surface area contributed by atoms with Gasteiger partial charge >= 0.3 is 0 Å². The highest BCUT2D eigenvalue weighted by molar-refractivity contribution is 5.92. The molecule has 0 spiro atoms. The first-order valence-electron chi connectivity index (χ1n) is 7.69. The third kappa shape index (κ3) is 3.70. The highest BCUT2D eigenvalue weighted by atomic mass is 16.3. The highest BCUT2D eigenvalue weighted by Gasteiger charge is 2.28. The van der Waals surface area contributed by atoms with Crippen LogP contribution in [0.15, 0.2) is 33.9 Å². The molecule has 1 aliphatic rings. The molecule has 2 N–H and O–H groups in total. The summed E-state index contributed by atoms with van der Waals surface area (Å²) in [6.07, 6.45) is 4.04. The Bertz CT molecular complexity index is 797. The predicted octanol–water partition coefficient (Wildman–Crippen LogP) is 0.245. The maximum absolute atomic E-state index is 12.2. The van der Waals surface area contributed by atoms with Gasteiger partial charge in [0.2, 0.25) is 5.91 Å².